The van der Waals surface area contributed by atoms with Crippen LogP contribution in [0.5, 0.6) is 0 Å². The van der Waals surface area contributed by atoms with Crippen LogP contribution in [0.3, 0.4) is 0 Å². The third-order valence-electron chi connectivity index (χ3n) is 9.29. The van der Waals surface area contributed by atoms with E-state index in [-0.39, 0.29) is 19.4 Å². The van der Waals surface area contributed by atoms with Gasteiger partial charge < -0.3 is 37.9 Å². The maximum absolute atomic E-state index is 13.1. The molecule has 1 rings (SSSR count). The van der Waals surface area contributed by atoms with Crippen LogP contribution >= 0.6 is 0 Å². The van der Waals surface area contributed by atoms with Gasteiger partial charge >= 0.3 is 35.8 Å². The van der Waals surface area contributed by atoms with Crippen molar-refractivity contribution < 1.29 is 66.7 Å². The number of carbonyl (C=O) groups is 6. The fraction of sp³-hybridized carbons (Fsp3) is 0.547. The Bertz CT molecular complexity index is 1710. The molecule has 0 aromatic carbocycles. The number of ether oxygens (including phenoxy) is 8. The smallest absolute Gasteiger partial charge is 0.309 e. The number of hydrogen-bond donors (Lipinski definition) is 0. The van der Waals surface area contributed by atoms with E-state index in [9.17, 15) is 28.8 Å². The van der Waals surface area contributed by atoms with Gasteiger partial charge in [-0.15, -0.1) is 0 Å². The van der Waals surface area contributed by atoms with Gasteiger partial charge in [-0.2, -0.15) is 0 Å². The molecule has 4 unspecified atom stereocenters. The molecule has 67 heavy (non-hydrogen) atoms. The first kappa shape index (κ1) is 59.4. The number of esters is 6. The van der Waals surface area contributed by atoms with E-state index >= 15 is 0 Å². The molecule has 14 heteroatoms. The van der Waals surface area contributed by atoms with Crippen LogP contribution in [0, 0.1) is 0 Å². The summed E-state index contributed by atoms with van der Waals surface area (Å²) in [6.07, 6.45) is 39.1. The normalized spacial score (nSPS) is 19.5. The first-order valence-corrected chi connectivity index (χ1v) is 23.5. The summed E-state index contributed by atoms with van der Waals surface area (Å²) in [4.78, 5) is 74.3. The summed E-state index contributed by atoms with van der Waals surface area (Å²) < 4.78 is 44.8. The molecule has 0 spiro atoms. The van der Waals surface area contributed by atoms with Gasteiger partial charge in [0.05, 0.1) is 13.0 Å². The summed E-state index contributed by atoms with van der Waals surface area (Å²) in [5.41, 5.74) is 0. The maximum Gasteiger partial charge on any atom is 0.309 e. The van der Waals surface area contributed by atoms with Gasteiger partial charge in [0.2, 0.25) is 0 Å². The third-order valence-corrected chi connectivity index (χ3v) is 9.29. The molecule has 0 bridgehead atoms. The second kappa shape index (κ2) is 39.6. The van der Waals surface area contributed by atoms with Crippen LogP contribution < -0.4 is 0 Å². The van der Waals surface area contributed by atoms with E-state index in [1.807, 2.05) is 18.2 Å². The van der Waals surface area contributed by atoms with Crippen LogP contribution in [0.2, 0.25) is 0 Å². The minimum absolute atomic E-state index is 0.0357. The van der Waals surface area contributed by atoms with Crippen molar-refractivity contribution in [3.63, 3.8) is 0 Å². The predicted molar refractivity (Wildman–Crippen MR) is 257 cm³/mol. The van der Waals surface area contributed by atoms with Crippen LogP contribution in [0.15, 0.2) is 109 Å². The average molecular weight is 937 g/mol. The summed E-state index contributed by atoms with van der Waals surface area (Å²) in [7, 11) is 0. The molecule has 6 atom stereocenters. The van der Waals surface area contributed by atoms with Crippen molar-refractivity contribution in [1.82, 2.24) is 0 Å². The second-order valence-corrected chi connectivity index (χ2v) is 15.4. The highest BCUT2D eigenvalue weighted by molar-refractivity contribution is 5.71. The average Bonchev–Trinajstić information content (AvgIpc) is 3.27. The van der Waals surface area contributed by atoms with Crippen molar-refractivity contribution in [3.8, 4) is 0 Å². The summed E-state index contributed by atoms with van der Waals surface area (Å²) in [5.74, 6) is -4.21. The summed E-state index contributed by atoms with van der Waals surface area (Å²) in [6.45, 7) is 7.44. The van der Waals surface area contributed by atoms with Crippen LogP contribution in [-0.4, -0.2) is 92.4 Å². The Labute approximate surface area is 398 Å². The molecule has 0 radical (unpaired) electrons. The molecule has 0 amide bonds. The van der Waals surface area contributed by atoms with E-state index in [1.165, 1.54) is 0 Å². The van der Waals surface area contributed by atoms with Gasteiger partial charge in [-0.3, -0.25) is 28.8 Å². The molecule has 1 aliphatic heterocycles. The Kier molecular flexibility index (Phi) is 35.1. The predicted octanol–water partition coefficient (Wildman–Crippen LogP) is 10.0. The molecular formula is C53H76O14. The highest BCUT2D eigenvalue weighted by Crippen LogP contribution is 2.30. The standard InChI is InChI=1S/C53H76O14/c1-7-9-11-13-15-17-19-21-23-25-27-29-31-33-35-37-48(58)61-39-46(66-49(59)38-36-34-32-30-28-26-24-22-20-18-16-14-12-10-8-2)40-62-53-52(65-45(6)57)51(64-44(5)56)50(63-43(4)55)47(67-53)41-60-42(3)54/h9-12,15-18,21-24,27-30,33,35,46-47,50-53H,7-8,13-14,19-20,25-26,31-32,34,36-41H2,1-6H3/b11-9-,12-10-,17-15-,18-16-,23-21-,24-22-,29-27-,30-28-,35-33-/t46?,47?,50-,51?,52?,53+/m0/s1. The molecule has 0 aromatic rings. The Morgan fingerprint density at radius 2 is 0.925 bits per heavy atom. The Morgan fingerprint density at radius 3 is 1.40 bits per heavy atom. The zero-order valence-corrected chi connectivity index (χ0v) is 40.6. The number of hydrogen-bond acceptors (Lipinski definition) is 14. The molecule has 0 aromatic heterocycles. The zero-order chi connectivity index (χ0) is 49.3. The lowest BCUT2D eigenvalue weighted by Crippen LogP contribution is -2.63. The van der Waals surface area contributed by atoms with E-state index < -0.39 is 85.8 Å². The molecular weight excluding hydrogens is 861 g/mol. The van der Waals surface area contributed by atoms with Crippen molar-refractivity contribution in [2.45, 2.75) is 168 Å². The van der Waals surface area contributed by atoms with E-state index in [0.717, 1.165) is 91.9 Å². The van der Waals surface area contributed by atoms with Crippen LogP contribution in [0.1, 0.15) is 131 Å². The summed E-state index contributed by atoms with van der Waals surface area (Å²) in [5, 5.41) is 0. The van der Waals surface area contributed by atoms with E-state index in [1.54, 1.807) is 6.08 Å². The molecule has 1 saturated heterocycles. The largest absolute Gasteiger partial charge is 0.463 e. The lowest BCUT2D eigenvalue weighted by molar-refractivity contribution is -0.311. The molecule has 1 fully saturated rings. The highest BCUT2D eigenvalue weighted by atomic mass is 16.7. The topological polar surface area (TPSA) is 176 Å². The monoisotopic (exact) mass is 937 g/mol. The molecule has 372 valence electrons. The van der Waals surface area contributed by atoms with E-state index in [0.29, 0.717) is 12.8 Å². The minimum atomic E-state index is -1.52. The van der Waals surface area contributed by atoms with Gasteiger partial charge in [0.25, 0.3) is 0 Å². The SMILES string of the molecule is CC/C=C\C/C=C\C/C=C\C/C=C\C/C=C\CC(=O)OCC(CO[C@@H]1OC(COC(C)=O)[C@H](OC(C)=O)C(OC(C)=O)C1OC(C)=O)OC(=O)CCCC/C=C\C/C=C\C/C=C\C/C=C\CC. The van der Waals surface area contributed by atoms with Gasteiger partial charge in [0, 0.05) is 34.1 Å². The van der Waals surface area contributed by atoms with Crippen LogP contribution in [-0.2, 0) is 66.7 Å². The van der Waals surface area contributed by atoms with Gasteiger partial charge in [-0.25, -0.2) is 0 Å². The van der Waals surface area contributed by atoms with Crippen molar-refractivity contribution in [3.05, 3.63) is 109 Å². The molecule has 1 aliphatic rings. The number of rotatable bonds is 34. The first-order chi connectivity index (χ1) is 32.4. The quantitative estimate of drug-likeness (QED) is 0.0258. The number of allylic oxidation sites excluding steroid dienone is 17. The zero-order valence-electron chi connectivity index (χ0n) is 40.6. The van der Waals surface area contributed by atoms with E-state index in [2.05, 4.69) is 98.9 Å². The number of unbranched alkanes of at least 4 members (excludes halogenated alkanes) is 2. The Hall–Kier alpha value is -5.60. The van der Waals surface area contributed by atoms with Gasteiger partial charge in [0.1, 0.15) is 19.3 Å². The fourth-order valence-corrected chi connectivity index (χ4v) is 6.19. The molecule has 1 heterocycles. The van der Waals surface area contributed by atoms with Crippen molar-refractivity contribution >= 4 is 35.8 Å². The first-order valence-electron chi connectivity index (χ1n) is 23.5. The number of carbonyl (C=O) groups excluding carboxylic acids is 6. The fourth-order valence-electron chi connectivity index (χ4n) is 6.19. The second-order valence-electron chi connectivity index (χ2n) is 15.4. The minimum Gasteiger partial charge on any atom is -0.463 e. The maximum atomic E-state index is 13.1. The Morgan fingerprint density at radius 1 is 0.478 bits per heavy atom. The summed E-state index contributed by atoms with van der Waals surface area (Å²) in [6, 6.07) is 0. The van der Waals surface area contributed by atoms with Crippen molar-refractivity contribution in [2.75, 3.05) is 19.8 Å². The van der Waals surface area contributed by atoms with Gasteiger partial charge in [-0.1, -0.05) is 123 Å². The Balaban J connectivity index is 2.97. The van der Waals surface area contributed by atoms with Crippen LogP contribution in [0.25, 0.3) is 0 Å². The van der Waals surface area contributed by atoms with Gasteiger partial charge in [0.15, 0.2) is 30.7 Å². The molecule has 0 saturated carbocycles. The third kappa shape index (κ3) is 32.7. The van der Waals surface area contributed by atoms with Crippen molar-refractivity contribution in [2.24, 2.45) is 0 Å². The van der Waals surface area contributed by atoms with E-state index in [4.69, 9.17) is 37.9 Å². The molecule has 0 N–H and O–H groups in total. The summed E-state index contributed by atoms with van der Waals surface area (Å²) >= 11 is 0. The lowest BCUT2D eigenvalue weighted by atomic mass is 9.98. The molecule has 0 aliphatic carbocycles. The lowest BCUT2D eigenvalue weighted by Gasteiger charge is -2.44. The highest BCUT2D eigenvalue weighted by Gasteiger charge is 2.53. The van der Waals surface area contributed by atoms with Gasteiger partial charge in [-0.05, 0) is 77.0 Å². The van der Waals surface area contributed by atoms with Crippen LogP contribution in [0.4, 0.5) is 0 Å². The molecule has 14 nitrogen and oxygen atoms in total. The van der Waals surface area contributed by atoms with Crippen molar-refractivity contribution in [1.29, 1.82) is 0 Å².